The number of rotatable bonds is 3. The van der Waals surface area contributed by atoms with Gasteiger partial charge in [0.15, 0.2) is 17.3 Å². The van der Waals surface area contributed by atoms with E-state index in [1.54, 1.807) is 12.1 Å². The molecule has 0 fully saturated rings. The minimum atomic E-state index is -0.0724. The van der Waals surface area contributed by atoms with Crippen LogP contribution in [0.3, 0.4) is 0 Å². The van der Waals surface area contributed by atoms with E-state index < -0.39 is 0 Å². The minimum absolute atomic E-state index is 0.0724. The Kier molecular flexibility index (Phi) is 2.78. The fraction of sp³-hybridized carbons (Fsp3) is 0.182. The number of nitrogens with two attached hydrogens (primary N) is 1. The van der Waals surface area contributed by atoms with Gasteiger partial charge in [-0.05, 0) is 12.1 Å². The van der Waals surface area contributed by atoms with Gasteiger partial charge in [0.2, 0.25) is 5.75 Å². The van der Waals surface area contributed by atoms with Crippen LogP contribution < -0.4 is 15.2 Å². The lowest BCUT2D eigenvalue weighted by Crippen LogP contribution is -1.91. The maximum Gasteiger partial charge on any atom is 0.200 e. The van der Waals surface area contributed by atoms with Gasteiger partial charge < -0.3 is 24.8 Å². The lowest BCUT2D eigenvalue weighted by molar-refractivity contribution is 0.339. The maximum atomic E-state index is 9.75. The molecule has 0 amide bonds. The summed E-state index contributed by atoms with van der Waals surface area (Å²) in [6.45, 7) is 0. The van der Waals surface area contributed by atoms with E-state index in [9.17, 15) is 5.11 Å². The largest absolute Gasteiger partial charge is 0.502 e. The Morgan fingerprint density at radius 2 is 1.82 bits per heavy atom. The third-order valence-corrected chi connectivity index (χ3v) is 2.34. The monoisotopic (exact) mass is 236 g/mol. The van der Waals surface area contributed by atoms with Gasteiger partial charge in [-0.15, -0.1) is 0 Å². The summed E-state index contributed by atoms with van der Waals surface area (Å²) in [7, 11) is 2.89. The molecule has 0 radical (unpaired) electrons. The normalized spacial score (nSPS) is 10.2. The fourth-order valence-electron chi connectivity index (χ4n) is 1.49. The first kappa shape index (κ1) is 11.1. The van der Waals surface area contributed by atoms with Crippen LogP contribution in [0.25, 0.3) is 11.3 Å². The third kappa shape index (κ3) is 1.84. The molecule has 1 heterocycles. The van der Waals surface area contributed by atoms with Crippen LogP contribution in [-0.2, 0) is 0 Å². The van der Waals surface area contributed by atoms with Gasteiger partial charge in [0, 0.05) is 5.56 Å². The Hall–Kier alpha value is -2.37. The second kappa shape index (κ2) is 4.25. The highest BCUT2D eigenvalue weighted by Gasteiger charge is 2.16. The number of hydrogen-bond acceptors (Lipinski definition) is 6. The number of phenols is 1. The number of aromatic nitrogens is 1. The van der Waals surface area contributed by atoms with Crippen LogP contribution in [0.5, 0.6) is 17.2 Å². The Morgan fingerprint density at radius 3 is 2.24 bits per heavy atom. The van der Waals surface area contributed by atoms with Crippen LogP contribution in [0.1, 0.15) is 0 Å². The second-order valence-electron chi connectivity index (χ2n) is 3.34. The van der Waals surface area contributed by atoms with Gasteiger partial charge >= 0.3 is 0 Å². The molecule has 3 N–H and O–H groups in total. The van der Waals surface area contributed by atoms with Crippen molar-refractivity contribution in [2.75, 3.05) is 20.0 Å². The first-order valence-corrected chi connectivity index (χ1v) is 4.83. The van der Waals surface area contributed by atoms with Gasteiger partial charge in [0.1, 0.15) is 5.69 Å². The lowest BCUT2D eigenvalue weighted by Gasteiger charge is -2.09. The molecule has 2 aromatic rings. The van der Waals surface area contributed by atoms with Gasteiger partial charge in [-0.25, -0.2) is 0 Å². The highest BCUT2D eigenvalue weighted by atomic mass is 16.5. The van der Waals surface area contributed by atoms with Crippen molar-refractivity contribution in [2.24, 2.45) is 0 Å². The van der Waals surface area contributed by atoms with Crippen molar-refractivity contribution < 1.29 is 19.1 Å². The van der Waals surface area contributed by atoms with Crippen LogP contribution in [-0.4, -0.2) is 24.5 Å². The molecule has 6 heteroatoms. The fourth-order valence-corrected chi connectivity index (χ4v) is 1.49. The van der Waals surface area contributed by atoms with Crippen molar-refractivity contribution in [3.8, 4) is 28.6 Å². The van der Waals surface area contributed by atoms with Crippen molar-refractivity contribution in [1.29, 1.82) is 0 Å². The van der Waals surface area contributed by atoms with Crippen molar-refractivity contribution in [1.82, 2.24) is 5.16 Å². The molecule has 0 aliphatic carbocycles. The molecule has 0 spiro atoms. The standard InChI is InChI=1S/C11H12N2O4/c1-15-8-3-6(4-9(16-2)10(8)14)11-7(12)5-13-17-11/h3-5,14H,12H2,1-2H3. The van der Waals surface area contributed by atoms with Crippen molar-refractivity contribution in [3.05, 3.63) is 18.3 Å². The summed E-state index contributed by atoms with van der Waals surface area (Å²) in [6.07, 6.45) is 1.40. The number of nitrogens with zero attached hydrogens (tertiary/aromatic N) is 1. The smallest absolute Gasteiger partial charge is 0.200 e. The third-order valence-electron chi connectivity index (χ3n) is 2.34. The summed E-state index contributed by atoms with van der Waals surface area (Å²) >= 11 is 0. The SMILES string of the molecule is COc1cc(-c2oncc2N)cc(OC)c1O. The van der Waals surface area contributed by atoms with Crippen LogP contribution in [0.2, 0.25) is 0 Å². The summed E-state index contributed by atoms with van der Waals surface area (Å²) < 4.78 is 15.1. The molecule has 1 aromatic carbocycles. The average Bonchev–Trinajstić information content (AvgIpc) is 2.76. The molecule has 0 atom stereocenters. The van der Waals surface area contributed by atoms with E-state index in [1.807, 2.05) is 0 Å². The highest BCUT2D eigenvalue weighted by molar-refractivity contribution is 5.74. The molecule has 0 bridgehead atoms. The molecule has 90 valence electrons. The number of ether oxygens (including phenoxy) is 2. The number of anilines is 1. The highest BCUT2D eigenvalue weighted by Crippen LogP contribution is 2.41. The quantitative estimate of drug-likeness (QED) is 0.841. The number of hydrogen-bond donors (Lipinski definition) is 2. The van der Waals surface area contributed by atoms with E-state index in [1.165, 1.54) is 20.4 Å². The number of nitrogen functional groups attached to an aromatic ring is 1. The first-order chi connectivity index (χ1) is 8.17. The van der Waals surface area contributed by atoms with Crippen LogP contribution in [0, 0.1) is 0 Å². The number of phenolic OH excluding ortho intramolecular Hbond substituents is 1. The molecule has 0 aliphatic rings. The van der Waals surface area contributed by atoms with Crippen LogP contribution in [0.15, 0.2) is 22.9 Å². The van der Waals surface area contributed by atoms with Gasteiger partial charge in [-0.3, -0.25) is 0 Å². The predicted molar refractivity (Wildman–Crippen MR) is 61.1 cm³/mol. The number of aromatic hydroxyl groups is 1. The molecule has 0 saturated heterocycles. The summed E-state index contributed by atoms with van der Waals surface area (Å²) in [5.74, 6) is 0.878. The Labute approximate surface area is 97.5 Å². The molecule has 0 saturated carbocycles. The van der Waals surface area contributed by atoms with E-state index >= 15 is 0 Å². The number of methoxy groups -OCH3 is 2. The topological polar surface area (TPSA) is 90.7 Å². The Balaban J connectivity index is 2.60. The zero-order valence-electron chi connectivity index (χ0n) is 9.43. The molecule has 17 heavy (non-hydrogen) atoms. The van der Waals surface area contributed by atoms with E-state index in [4.69, 9.17) is 19.7 Å². The minimum Gasteiger partial charge on any atom is -0.502 e. The van der Waals surface area contributed by atoms with Crippen LogP contribution >= 0.6 is 0 Å². The molecule has 0 unspecified atom stereocenters. The molecular formula is C11H12N2O4. The molecule has 2 rings (SSSR count). The van der Waals surface area contributed by atoms with E-state index in [2.05, 4.69) is 5.16 Å². The second-order valence-corrected chi connectivity index (χ2v) is 3.34. The summed E-state index contributed by atoms with van der Waals surface area (Å²) in [5, 5.41) is 13.3. The first-order valence-electron chi connectivity index (χ1n) is 4.83. The lowest BCUT2D eigenvalue weighted by atomic mass is 10.1. The zero-order chi connectivity index (χ0) is 12.4. The van der Waals surface area contributed by atoms with Crippen LogP contribution in [0.4, 0.5) is 5.69 Å². The van der Waals surface area contributed by atoms with E-state index in [0.717, 1.165) is 0 Å². The van der Waals surface area contributed by atoms with E-state index in [-0.39, 0.29) is 17.2 Å². The predicted octanol–water partition coefficient (Wildman–Crippen LogP) is 1.65. The number of benzene rings is 1. The van der Waals surface area contributed by atoms with Crippen molar-refractivity contribution in [2.45, 2.75) is 0 Å². The molecule has 1 aromatic heterocycles. The molecule has 0 aliphatic heterocycles. The molecular weight excluding hydrogens is 224 g/mol. The van der Waals surface area contributed by atoms with Gasteiger partial charge in [0.25, 0.3) is 0 Å². The summed E-state index contributed by atoms with van der Waals surface area (Å²) in [4.78, 5) is 0. The Morgan fingerprint density at radius 1 is 1.24 bits per heavy atom. The van der Waals surface area contributed by atoms with Gasteiger partial charge in [-0.1, -0.05) is 5.16 Å². The molecule has 6 nitrogen and oxygen atoms in total. The summed E-state index contributed by atoms with van der Waals surface area (Å²) in [5.41, 5.74) is 6.71. The van der Waals surface area contributed by atoms with Gasteiger partial charge in [-0.2, -0.15) is 0 Å². The average molecular weight is 236 g/mol. The summed E-state index contributed by atoms with van der Waals surface area (Å²) in [6, 6.07) is 3.18. The van der Waals surface area contributed by atoms with Crippen molar-refractivity contribution >= 4 is 5.69 Å². The van der Waals surface area contributed by atoms with Gasteiger partial charge in [0.05, 0.1) is 20.4 Å². The Bertz CT molecular complexity index is 511. The zero-order valence-corrected chi connectivity index (χ0v) is 9.43. The maximum absolute atomic E-state index is 9.75. The van der Waals surface area contributed by atoms with Crippen molar-refractivity contribution in [3.63, 3.8) is 0 Å². The van der Waals surface area contributed by atoms with E-state index in [0.29, 0.717) is 17.0 Å².